The van der Waals surface area contributed by atoms with Gasteiger partial charge in [0.05, 0.1) is 24.5 Å². The molecule has 0 bridgehead atoms. The van der Waals surface area contributed by atoms with E-state index in [1.165, 1.54) is 30.5 Å². The van der Waals surface area contributed by atoms with Crippen molar-refractivity contribution in [1.82, 2.24) is 5.43 Å². The van der Waals surface area contributed by atoms with Gasteiger partial charge in [0.1, 0.15) is 5.82 Å². The van der Waals surface area contributed by atoms with Gasteiger partial charge in [-0.15, -0.1) is 0 Å². The van der Waals surface area contributed by atoms with E-state index in [1.54, 1.807) is 12.1 Å². The summed E-state index contributed by atoms with van der Waals surface area (Å²) in [7, 11) is 0. The van der Waals surface area contributed by atoms with Crippen molar-refractivity contribution in [2.24, 2.45) is 5.10 Å². The van der Waals surface area contributed by atoms with Gasteiger partial charge in [-0.3, -0.25) is 4.79 Å². The van der Waals surface area contributed by atoms with Gasteiger partial charge in [0.2, 0.25) is 0 Å². The van der Waals surface area contributed by atoms with Crippen molar-refractivity contribution in [3.63, 3.8) is 0 Å². The number of carbonyl (C=O) groups is 1. The SMILES string of the molecule is CCCOc1c(Cl)cc(/C=N/NC(=O)c2ccc(F)cc2)cc1OCC. The molecule has 0 aliphatic carbocycles. The topological polar surface area (TPSA) is 59.9 Å². The van der Waals surface area contributed by atoms with Crippen LogP contribution in [0.15, 0.2) is 41.5 Å². The second-order valence-electron chi connectivity index (χ2n) is 5.32. The maximum atomic E-state index is 12.9. The second kappa shape index (κ2) is 9.77. The minimum absolute atomic E-state index is 0.305. The van der Waals surface area contributed by atoms with Crippen LogP contribution in [0.2, 0.25) is 5.02 Å². The van der Waals surface area contributed by atoms with Crippen LogP contribution < -0.4 is 14.9 Å². The molecule has 1 amide bonds. The predicted octanol–water partition coefficient (Wildman–Crippen LogP) is 4.43. The summed E-state index contributed by atoms with van der Waals surface area (Å²) < 4.78 is 24.1. The number of rotatable bonds is 8. The minimum atomic E-state index is -0.444. The van der Waals surface area contributed by atoms with Crippen LogP contribution in [0.3, 0.4) is 0 Å². The van der Waals surface area contributed by atoms with E-state index in [0.717, 1.165) is 6.42 Å². The van der Waals surface area contributed by atoms with E-state index in [9.17, 15) is 9.18 Å². The van der Waals surface area contributed by atoms with Crippen molar-refractivity contribution in [2.75, 3.05) is 13.2 Å². The Balaban J connectivity index is 2.11. The molecule has 7 heteroatoms. The summed E-state index contributed by atoms with van der Waals surface area (Å²) in [6, 6.07) is 8.58. The Bertz CT molecular complexity index is 779. The summed E-state index contributed by atoms with van der Waals surface area (Å²) in [5.41, 5.74) is 3.33. The highest BCUT2D eigenvalue weighted by Crippen LogP contribution is 2.36. The van der Waals surface area contributed by atoms with E-state index in [0.29, 0.717) is 40.9 Å². The summed E-state index contributed by atoms with van der Waals surface area (Å²) in [4.78, 5) is 11.9. The van der Waals surface area contributed by atoms with Crippen molar-refractivity contribution in [1.29, 1.82) is 0 Å². The average Bonchev–Trinajstić information content (AvgIpc) is 2.62. The third kappa shape index (κ3) is 5.46. The Morgan fingerprint density at radius 3 is 2.62 bits per heavy atom. The Morgan fingerprint density at radius 2 is 1.96 bits per heavy atom. The molecule has 0 aliphatic rings. The van der Waals surface area contributed by atoms with Gasteiger partial charge >= 0.3 is 0 Å². The van der Waals surface area contributed by atoms with Gasteiger partial charge in [-0.05, 0) is 55.3 Å². The summed E-state index contributed by atoms with van der Waals surface area (Å²) >= 11 is 6.27. The third-order valence-corrected chi connectivity index (χ3v) is 3.55. The smallest absolute Gasteiger partial charge is 0.271 e. The molecule has 0 unspecified atom stereocenters. The molecule has 138 valence electrons. The van der Waals surface area contributed by atoms with Crippen molar-refractivity contribution < 1.29 is 18.7 Å². The maximum Gasteiger partial charge on any atom is 0.271 e. The van der Waals surface area contributed by atoms with Crippen LogP contribution >= 0.6 is 11.6 Å². The molecule has 0 spiro atoms. The lowest BCUT2D eigenvalue weighted by Crippen LogP contribution is -2.17. The predicted molar refractivity (Wildman–Crippen MR) is 99.9 cm³/mol. The maximum absolute atomic E-state index is 12.9. The van der Waals surface area contributed by atoms with Crippen molar-refractivity contribution in [3.8, 4) is 11.5 Å². The van der Waals surface area contributed by atoms with Crippen LogP contribution in [0.25, 0.3) is 0 Å². The third-order valence-electron chi connectivity index (χ3n) is 3.27. The second-order valence-corrected chi connectivity index (χ2v) is 5.72. The molecule has 0 aliphatic heterocycles. The molecular formula is C19H20ClFN2O3. The van der Waals surface area contributed by atoms with Crippen LogP contribution in [-0.2, 0) is 0 Å². The molecule has 2 aromatic carbocycles. The molecule has 0 saturated carbocycles. The van der Waals surface area contributed by atoms with Gasteiger partial charge in [-0.25, -0.2) is 9.82 Å². The number of nitrogens with one attached hydrogen (secondary N) is 1. The highest BCUT2D eigenvalue weighted by atomic mass is 35.5. The summed E-state index contributed by atoms with van der Waals surface area (Å²) in [5, 5.41) is 4.30. The molecule has 26 heavy (non-hydrogen) atoms. The first-order chi connectivity index (χ1) is 12.5. The number of amides is 1. The van der Waals surface area contributed by atoms with Crippen LogP contribution in [0.1, 0.15) is 36.2 Å². The molecule has 0 radical (unpaired) electrons. The van der Waals surface area contributed by atoms with Crippen LogP contribution in [0.4, 0.5) is 4.39 Å². The largest absolute Gasteiger partial charge is 0.490 e. The van der Waals surface area contributed by atoms with Crippen molar-refractivity contribution in [3.05, 3.63) is 58.4 Å². The molecule has 1 N–H and O–H groups in total. The highest BCUT2D eigenvalue weighted by Gasteiger charge is 2.12. The molecular weight excluding hydrogens is 359 g/mol. The number of hydrogen-bond donors (Lipinski definition) is 1. The molecule has 0 heterocycles. The average molecular weight is 379 g/mol. The summed E-state index contributed by atoms with van der Waals surface area (Å²) in [6.07, 6.45) is 2.29. The van der Waals surface area contributed by atoms with Gasteiger partial charge in [-0.2, -0.15) is 5.10 Å². The monoisotopic (exact) mass is 378 g/mol. The van der Waals surface area contributed by atoms with Gasteiger partial charge < -0.3 is 9.47 Å². The fourth-order valence-electron chi connectivity index (χ4n) is 2.10. The fraction of sp³-hybridized carbons (Fsp3) is 0.263. The number of benzene rings is 2. The standard InChI is InChI=1S/C19H20ClFN2O3/c1-3-9-26-18-16(20)10-13(11-17(18)25-4-2)12-22-23-19(24)14-5-7-15(21)8-6-14/h5-8,10-12H,3-4,9H2,1-2H3,(H,23,24)/b22-12+. The van der Waals surface area contributed by atoms with Gasteiger partial charge in [0.15, 0.2) is 11.5 Å². The summed E-state index contributed by atoms with van der Waals surface area (Å²) in [6.45, 7) is 4.85. The lowest BCUT2D eigenvalue weighted by molar-refractivity contribution is 0.0955. The van der Waals surface area contributed by atoms with E-state index < -0.39 is 11.7 Å². The number of hydrazone groups is 1. The highest BCUT2D eigenvalue weighted by molar-refractivity contribution is 6.32. The van der Waals surface area contributed by atoms with Crippen molar-refractivity contribution >= 4 is 23.7 Å². The lowest BCUT2D eigenvalue weighted by Gasteiger charge is -2.13. The molecule has 0 fully saturated rings. The lowest BCUT2D eigenvalue weighted by atomic mass is 10.2. The molecule has 0 saturated heterocycles. The van der Waals surface area contributed by atoms with Crippen LogP contribution in [-0.4, -0.2) is 25.3 Å². The summed E-state index contributed by atoms with van der Waals surface area (Å²) in [5.74, 6) is 0.149. The minimum Gasteiger partial charge on any atom is -0.490 e. The van der Waals surface area contributed by atoms with Gasteiger partial charge in [0, 0.05) is 5.56 Å². The molecule has 0 aromatic heterocycles. The molecule has 5 nitrogen and oxygen atoms in total. The van der Waals surface area contributed by atoms with E-state index in [1.807, 2.05) is 13.8 Å². The normalized spacial score (nSPS) is 10.8. The van der Waals surface area contributed by atoms with Gasteiger partial charge in [0.25, 0.3) is 5.91 Å². The number of nitrogens with zero attached hydrogens (tertiary/aromatic N) is 1. The zero-order chi connectivity index (χ0) is 18.9. The number of carbonyl (C=O) groups excluding carboxylic acids is 1. The molecule has 2 rings (SSSR count). The number of halogens is 2. The zero-order valence-corrected chi connectivity index (χ0v) is 15.3. The Morgan fingerprint density at radius 1 is 1.23 bits per heavy atom. The number of ether oxygens (including phenoxy) is 2. The van der Waals surface area contributed by atoms with Gasteiger partial charge in [-0.1, -0.05) is 18.5 Å². The van der Waals surface area contributed by atoms with E-state index in [2.05, 4.69) is 10.5 Å². The van der Waals surface area contributed by atoms with Crippen LogP contribution in [0.5, 0.6) is 11.5 Å². The van der Waals surface area contributed by atoms with Crippen LogP contribution in [0, 0.1) is 5.82 Å². The van der Waals surface area contributed by atoms with Crippen molar-refractivity contribution in [2.45, 2.75) is 20.3 Å². The Labute approximate surface area is 156 Å². The first-order valence-corrected chi connectivity index (χ1v) is 8.61. The molecule has 2 aromatic rings. The quantitative estimate of drug-likeness (QED) is 0.546. The molecule has 0 atom stereocenters. The van der Waals surface area contributed by atoms with E-state index >= 15 is 0 Å². The van der Waals surface area contributed by atoms with E-state index in [-0.39, 0.29) is 0 Å². The first-order valence-electron chi connectivity index (χ1n) is 8.23. The number of hydrogen-bond acceptors (Lipinski definition) is 4. The Hall–Kier alpha value is -2.60. The Kier molecular flexibility index (Phi) is 7.41. The first kappa shape index (κ1) is 19.7. The van der Waals surface area contributed by atoms with E-state index in [4.69, 9.17) is 21.1 Å². The zero-order valence-electron chi connectivity index (χ0n) is 14.6. The fourth-order valence-corrected chi connectivity index (χ4v) is 2.37.